The minimum absolute atomic E-state index is 0.566. The third kappa shape index (κ3) is 3.73. The fourth-order valence-corrected chi connectivity index (χ4v) is 2.21. The van der Waals surface area contributed by atoms with Crippen LogP contribution < -0.4 is 10.1 Å². The van der Waals surface area contributed by atoms with E-state index in [0.29, 0.717) is 18.2 Å². The maximum Gasteiger partial charge on any atom is 0.133 e. The minimum atomic E-state index is 0.566. The average Bonchev–Trinajstić information content (AvgIpc) is 2.44. The predicted molar refractivity (Wildman–Crippen MR) is 81.4 cm³/mol. The van der Waals surface area contributed by atoms with Gasteiger partial charge in [-0.05, 0) is 36.9 Å². The van der Waals surface area contributed by atoms with Gasteiger partial charge in [0.2, 0.25) is 0 Å². The lowest BCUT2D eigenvalue weighted by atomic mass is 10.2. The SMILES string of the molecule is CNCc1c(Cl)cccc1Oc1cccc(COC)c1. The number of ether oxygens (including phenoxy) is 2. The molecule has 0 fully saturated rings. The third-order valence-electron chi connectivity index (χ3n) is 2.87. The molecule has 0 bridgehead atoms. The molecule has 0 aliphatic carbocycles. The van der Waals surface area contributed by atoms with Gasteiger partial charge in [0, 0.05) is 24.2 Å². The van der Waals surface area contributed by atoms with Crippen molar-refractivity contribution in [3.05, 3.63) is 58.6 Å². The molecule has 0 atom stereocenters. The molecule has 2 aromatic rings. The first kappa shape index (κ1) is 14.9. The molecule has 2 rings (SSSR count). The van der Waals surface area contributed by atoms with Crippen LogP contribution >= 0.6 is 11.6 Å². The fraction of sp³-hybridized carbons (Fsp3) is 0.250. The molecule has 3 nitrogen and oxygen atoms in total. The molecule has 4 heteroatoms. The number of methoxy groups -OCH3 is 1. The Kier molecular flexibility index (Phi) is 5.41. The Hall–Kier alpha value is -1.55. The van der Waals surface area contributed by atoms with Crippen molar-refractivity contribution in [1.82, 2.24) is 5.32 Å². The van der Waals surface area contributed by atoms with Crippen molar-refractivity contribution in [2.75, 3.05) is 14.2 Å². The summed E-state index contributed by atoms with van der Waals surface area (Å²) < 4.78 is 11.1. The molecular weight excluding hydrogens is 274 g/mol. The number of hydrogen-bond donors (Lipinski definition) is 1. The summed E-state index contributed by atoms with van der Waals surface area (Å²) >= 11 is 6.22. The van der Waals surface area contributed by atoms with Crippen LogP contribution in [0.1, 0.15) is 11.1 Å². The summed E-state index contributed by atoms with van der Waals surface area (Å²) in [5.74, 6) is 1.54. The van der Waals surface area contributed by atoms with Crippen molar-refractivity contribution in [3.8, 4) is 11.5 Å². The van der Waals surface area contributed by atoms with Gasteiger partial charge in [0.05, 0.1) is 6.61 Å². The summed E-state index contributed by atoms with van der Waals surface area (Å²) in [6, 6.07) is 13.5. The molecule has 1 N–H and O–H groups in total. The molecule has 0 aliphatic rings. The molecule has 106 valence electrons. The first-order chi connectivity index (χ1) is 9.74. The van der Waals surface area contributed by atoms with Crippen LogP contribution in [0.3, 0.4) is 0 Å². The maximum absolute atomic E-state index is 6.22. The van der Waals surface area contributed by atoms with Crippen molar-refractivity contribution >= 4 is 11.6 Å². The smallest absolute Gasteiger partial charge is 0.133 e. The van der Waals surface area contributed by atoms with Gasteiger partial charge in [0.1, 0.15) is 11.5 Å². The Bertz CT molecular complexity index is 572. The first-order valence-electron chi connectivity index (χ1n) is 6.42. The molecule has 0 spiro atoms. The molecular formula is C16H18ClNO2. The summed E-state index contributed by atoms with van der Waals surface area (Å²) in [5.41, 5.74) is 2.02. The van der Waals surface area contributed by atoms with Crippen LogP contribution in [0.15, 0.2) is 42.5 Å². The number of hydrogen-bond acceptors (Lipinski definition) is 3. The molecule has 0 aliphatic heterocycles. The largest absolute Gasteiger partial charge is 0.457 e. The Labute approximate surface area is 124 Å². The highest BCUT2D eigenvalue weighted by Gasteiger charge is 2.08. The highest BCUT2D eigenvalue weighted by molar-refractivity contribution is 6.31. The lowest BCUT2D eigenvalue weighted by Gasteiger charge is -2.13. The molecule has 0 radical (unpaired) electrons. The van der Waals surface area contributed by atoms with Crippen LogP contribution in [0.2, 0.25) is 5.02 Å². The predicted octanol–water partition coefficient (Wildman–Crippen LogP) is 4.00. The Morgan fingerprint density at radius 3 is 2.70 bits per heavy atom. The molecule has 0 saturated carbocycles. The summed E-state index contributed by atoms with van der Waals surface area (Å²) in [7, 11) is 3.56. The second-order valence-corrected chi connectivity index (χ2v) is 4.84. The molecule has 0 unspecified atom stereocenters. The van der Waals surface area contributed by atoms with Gasteiger partial charge >= 0.3 is 0 Å². The van der Waals surface area contributed by atoms with Gasteiger partial charge in [-0.25, -0.2) is 0 Å². The van der Waals surface area contributed by atoms with Gasteiger partial charge < -0.3 is 14.8 Å². The Morgan fingerprint density at radius 1 is 1.15 bits per heavy atom. The Morgan fingerprint density at radius 2 is 1.95 bits per heavy atom. The van der Waals surface area contributed by atoms with E-state index in [-0.39, 0.29) is 0 Å². The zero-order valence-corrected chi connectivity index (χ0v) is 12.4. The zero-order valence-electron chi connectivity index (χ0n) is 11.7. The van der Waals surface area contributed by atoms with Crippen molar-refractivity contribution in [2.24, 2.45) is 0 Å². The van der Waals surface area contributed by atoms with E-state index >= 15 is 0 Å². The second kappa shape index (κ2) is 7.29. The van der Waals surface area contributed by atoms with Crippen molar-refractivity contribution < 1.29 is 9.47 Å². The standard InChI is InChI=1S/C16H18ClNO2/c1-18-10-14-15(17)7-4-8-16(14)20-13-6-3-5-12(9-13)11-19-2/h3-9,18H,10-11H2,1-2H3. The van der Waals surface area contributed by atoms with Crippen LogP contribution in [0, 0.1) is 0 Å². The number of rotatable bonds is 6. The normalized spacial score (nSPS) is 10.6. The first-order valence-corrected chi connectivity index (χ1v) is 6.80. The summed E-state index contributed by atoms with van der Waals surface area (Å²) in [6.07, 6.45) is 0. The molecule has 0 saturated heterocycles. The lowest BCUT2D eigenvalue weighted by Crippen LogP contribution is -2.07. The van der Waals surface area contributed by atoms with Gasteiger partial charge in [0.15, 0.2) is 0 Å². The molecule has 20 heavy (non-hydrogen) atoms. The zero-order chi connectivity index (χ0) is 14.4. The van der Waals surface area contributed by atoms with Gasteiger partial charge in [-0.15, -0.1) is 0 Å². The highest BCUT2D eigenvalue weighted by Crippen LogP contribution is 2.30. The number of benzene rings is 2. The molecule has 0 aromatic heterocycles. The third-order valence-corrected chi connectivity index (χ3v) is 3.22. The Balaban J connectivity index is 2.25. The quantitative estimate of drug-likeness (QED) is 0.873. The van der Waals surface area contributed by atoms with E-state index in [4.69, 9.17) is 21.1 Å². The molecule has 0 heterocycles. The fourth-order valence-electron chi connectivity index (χ4n) is 1.98. The number of halogens is 1. The van der Waals surface area contributed by atoms with E-state index in [1.165, 1.54) is 0 Å². The van der Waals surface area contributed by atoms with E-state index in [2.05, 4.69) is 5.32 Å². The topological polar surface area (TPSA) is 30.5 Å². The summed E-state index contributed by atoms with van der Waals surface area (Å²) in [5, 5.41) is 3.80. The second-order valence-electron chi connectivity index (χ2n) is 4.43. The van der Waals surface area contributed by atoms with Crippen molar-refractivity contribution in [1.29, 1.82) is 0 Å². The maximum atomic E-state index is 6.22. The van der Waals surface area contributed by atoms with Gasteiger partial charge in [-0.3, -0.25) is 0 Å². The summed E-state index contributed by atoms with van der Waals surface area (Å²) in [6.45, 7) is 1.23. The van der Waals surface area contributed by atoms with Crippen LogP contribution in [-0.2, 0) is 17.9 Å². The van der Waals surface area contributed by atoms with Gasteiger partial charge in [0.25, 0.3) is 0 Å². The van der Waals surface area contributed by atoms with Gasteiger partial charge in [-0.1, -0.05) is 29.8 Å². The highest BCUT2D eigenvalue weighted by atomic mass is 35.5. The monoisotopic (exact) mass is 291 g/mol. The van der Waals surface area contributed by atoms with Crippen LogP contribution in [0.25, 0.3) is 0 Å². The van der Waals surface area contributed by atoms with E-state index in [1.54, 1.807) is 7.11 Å². The van der Waals surface area contributed by atoms with Crippen molar-refractivity contribution in [3.63, 3.8) is 0 Å². The van der Waals surface area contributed by atoms with E-state index in [9.17, 15) is 0 Å². The molecule has 2 aromatic carbocycles. The van der Waals surface area contributed by atoms with E-state index in [0.717, 1.165) is 22.6 Å². The van der Waals surface area contributed by atoms with Gasteiger partial charge in [-0.2, -0.15) is 0 Å². The van der Waals surface area contributed by atoms with Crippen LogP contribution in [-0.4, -0.2) is 14.2 Å². The minimum Gasteiger partial charge on any atom is -0.457 e. The van der Waals surface area contributed by atoms with Crippen LogP contribution in [0.5, 0.6) is 11.5 Å². The van der Waals surface area contributed by atoms with Crippen molar-refractivity contribution in [2.45, 2.75) is 13.2 Å². The number of nitrogens with one attached hydrogen (secondary N) is 1. The van der Waals surface area contributed by atoms with E-state index < -0.39 is 0 Å². The lowest BCUT2D eigenvalue weighted by molar-refractivity contribution is 0.184. The van der Waals surface area contributed by atoms with Crippen LogP contribution in [0.4, 0.5) is 0 Å². The average molecular weight is 292 g/mol. The summed E-state index contributed by atoms with van der Waals surface area (Å²) in [4.78, 5) is 0. The van der Waals surface area contributed by atoms with E-state index in [1.807, 2.05) is 49.5 Å². The molecule has 0 amide bonds.